The number of amides is 1. The second kappa shape index (κ2) is 10.5. The number of carbonyl (C=O) groups excluding carboxylic acids is 1. The third kappa shape index (κ3) is 7.78. The van der Waals surface area contributed by atoms with Crippen molar-refractivity contribution in [3.8, 4) is 0 Å². The van der Waals surface area contributed by atoms with Gasteiger partial charge in [-0.05, 0) is 31.1 Å². The molecule has 0 aromatic rings. The molecular weight excluding hydrogens is 260 g/mol. The Balaban J connectivity index is 0.00000324. The van der Waals surface area contributed by atoms with Crippen LogP contribution in [0.4, 0.5) is 0 Å². The first kappa shape index (κ1) is 18.7. The van der Waals surface area contributed by atoms with Gasteiger partial charge in [0, 0.05) is 19.0 Å². The molecule has 0 aromatic carbocycles. The van der Waals surface area contributed by atoms with Crippen molar-refractivity contribution in [3.63, 3.8) is 0 Å². The zero-order valence-corrected chi connectivity index (χ0v) is 13.3. The van der Waals surface area contributed by atoms with Crippen LogP contribution in [0.15, 0.2) is 0 Å². The van der Waals surface area contributed by atoms with Crippen LogP contribution in [0.2, 0.25) is 0 Å². The van der Waals surface area contributed by atoms with E-state index >= 15 is 0 Å². The summed E-state index contributed by atoms with van der Waals surface area (Å²) in [6.45, 7) is 5.03. The number of rotatable bonds is 7. The largest absolute Gasteiger partial charge is 0.352 e. The molecule has 0 saturated heterocycles. The van der Waals surface area contributed by atoms with Crippen LogP contribution in [0.5, 0.6) is 0 Å². The summed E-state index contributed by atoms with van der Waals surface area (Å²) in [6.07, 6.45) is 9.08. The molecule has 3 unspecified atom stereocenters. The second-order valence-electron chi connectivity index (χ2n) is 5.98. The molecule has 1 aliphatic carbocycles. The average Bonchev–Trinajstić information content (AvgIpc) is 2.34. The Labute approximate surface area is 124 Å². The molecule has 0 aromatic heterocycles. The Bertz CT molecular complexity index is 248. The first-order valence-electron chi connectivity index (χ1n) is 7.65. The van der Waals surface area contributed by atoms with Crippen LogP contribution >= 0.6 is 12.4 Å². The molecule has 0 bridgehead atoms. The van der Waals surface area contributed by atoms with Crippen molar-refractivity contribution in [2.75, 3.05) is 6.54 Å². The average molecular weight is 291 g/mol. The monoisotopic (exact) mass is 290 g/mol. The van der Waals surface area contributed by atoms with Crippen LogP contribution in [0, 0.1) is 11.8 Å². The Morgan fingerprint density at radius 1 is 1.42 bits per heavy atom. The van der Waals surface area contributed by atoms with Crippen LogP contribution in [0.3, 0.4) is 0 Å². The Hall–Kier alpha value is -0.280. The Morgan fingerprint density at radius 3 is 2.74 bits per heavy atom. The summed E-state index contributed by atoms with van der Waals surface area (Å²) in [4.78, 5) is 12.0. The van der Waals surface area contributed by atoms with Crippen molar-refractivity contribution < 1.29 is 4.79 Å². The molecule has 0 heterocycles. The van der Waals surface area contributed by atoms with Crippen molar-refractivity contribution in [1.82, 2.24) is 5.32 Å². The van der Waals surface area contributed by atoms with E-state index in [0.717, 1.165) is 25.2 Å². The third-order valence-electron chi connectivity index (χ3n) is 4.07. The number of hydrogen-bond donors (Lipinski definition) is 2. The van der Waals surface area contributed by atoms with Crippen LogP contribution in [0.1, 0.15) is 65.2 Å². The van der Waals surface area contributed by atoms with Crippen molar-refractivity contribution in [1.29, 1.82) is 0 Å². The van der Waals surface area contributed by atoms with Gasteiger partial charge in [-0.15, -0.1) is 12.4 Å². The van der Waals surface area contributed by atoms with Crippen molar-refractivity contribution in [2.24, 2.45) is 17.6 Å². The maximum Gasteiger partial charge on any atom is 0.220 e. The van der Waals surface area contributed by atoms with Gasteiger partial charge < -0.3 is 11.1 Å². The van der Waals surface area contributed by atoms with Gasteiger partial charge in [-0.2, -0.15) is 0 Å². The second-order valence-corrected chi connectivity index (χ2v) is 5.98. The molecule has 4 heteroatoms. The van der Waals surface area contributed by atoms with Crippen LogP contribution < -0.4 is 11.1 Å². The molecule has 3 N–H and O–H groups in total. The van der Waals surface area contributed by atoms with E-state index in [1.807, 2.05) is 0 Å². The summed E-state index contributed by atoms with van der Waals surface area (Å²) in [5.74, 6) is 1.60. The van der Waals surface area contributed by atoms with Crippen LogP contribution in [0.25, 0.3) is 0 Å². The van der Waals surface area contributed by atoms with Crippen LogP contribution in [-0.4, -0.2) is 18.5 Å². The van der Waals surface area contributed by atoms with E-state index in [1.54, 1.807) is 0 Å². The number of nitrogens with two attached hydrogens (primary N) is 1. The van der Waals surface area contributed by atoms with E-state index in [2.05, 4.69) is 19.2 Å². The fourth-order valence-corrected chi connectivity index (χ4v) is 2.99. The van der Waals surface area contributed by atoms with Gasteiger partial charge in [0.15, 0.2) is 0 Å². The molecule has 0 spiro atoms. The van der Waals surface area contributed by atoms with Gasteiger partial charge >= 0.3 is 0 Å². The van der Waals surface area contributed by atoms with Gasteiger partial charge in [0.25, 0.3) is 0 Å². The first-order chi connectivity index (χ1) is 8.65. The number of carbonyl (C=O) groups is 1. The fourth-order valence-electron chi connectivity index (χ4n) is 2.99. The van der Waals surface area contributed by atoms with E-state index in [-0.39, 0.29) is 24.4 Å². The minimum atomic E-state index is 0. The van der Waals surface area contributed by atoms with E-state index in [1.165, 1.54) is 25.7 Å². The highest BCUT2D eigenvalue weighted by atomic mass is 35.5. The van der Waals surface area contributed by atoms with Gasteiger partial charge in [-0.3, -0.25) is 4.79 Å². The molecule has 1 fully saturated rings. The van der Waals surface area contributed by atoms with E-state index in [4.69, 9.17) is 5.73 Å². The first-order valence-corrected chi connectivity index (χ1v) is 7.65. The Morgan fingerprint density at radius 2 is 2.16 bits per heavy atom. The summed E-state index contributed by atoms with van der Waals surface area (Å²) >= 11 is 0. The molecular formula is C15H31ClN2O. The van der Waals surface area contributed by atoms with Gasteiger partial charge in [0.1, 0.15) is 0 Å². The molecule has 1 amide bonds. The molecule has 0 radical (unpaired) electrons. The highest BCUT2D eigenvalue weighted by molar-refractivity contribution is 5.85. The van der Waals surface area contributed by atoms with Gasteiger partial charge in [0.05, 0.1) is 0 Å². The van der Waals surface area contributed by atoms with Crippen LogP contribution in [-0.2, 0) is 4.79 Å². The van der Waals surface area contributed by atoms with Crippen molar-refractivity contribution in [3.05, 3.63) is 0 Å². The summed E-state index contributed by atoms with van der Waals surface area (Å²) in [7, 11) is 0. The zero-order valence-electron chi connectivity index (χ0n) is 12.5. The van der Waals surface area contributed by atoms with Gasteiger partial charge in [-0.1, -0.05) is 39.5 Å². The lowest BCUT2D eigenvalue weighted by molar-refractivity contribution is -0.123. The third-order valence-corrected chi connectivity index (χ3v) is 4.07. The smallest absolute Gasteiger partial charge is 0.220 e. The fraction of sp³-hybridized carbons (Fsp3) is 0.933. The van der Waals surface area contributed by atoms with E-state index in [0.29, 0.717) is 18.9 Å². The molecule has 19 heavy (non-hydrogen) atoms. The van der Waals surface area contributed by atoms with E-state index < -0.39 is 0 Å². The number of halogens is 1. The normalized spacial score (nSPS) is 24.4. The quantitative estimate of drug-likeness (QED) is 0.756. The molecule has 1 rings (SSSR count). The predicted molar refractivity (Wildman–Crippen MR) is 83.5 cm³/mol. The lowest BCUT2D eigenvalue weighted by Crippen LogP contribution is -2.41. The van der Waals surface area contributed by atoms with Crippen molar-refractivity contribution >= 4 is 18.3 Å². The SMILES string of the molecule is CCCCC(CN)NC(=O)CC1CCCC(C)C1.Cl. The van der Waals surface area contributed by atoms with Gasteiger partial charge in [0.2, 0.25) is 5.91 Å². The summed E-state index contributed by atoms with van der Waals surface area (Å²) < 4.78 is 0. The molecule has 1 saturated carbocycles. The minimum Gasteiger partial charge on any atom is -0.352 e. The molecule has 1 aliphatic rings. The summed E-state index contributed by atoms with van der Waals surface area (Å²) in [5.41, 5.74) is 5.70. The Kier molecular flexibility index (Phi) is 10.3. The van der Waals surface area contributed by atoms with E-state index in [9.17, 15) is 4.79 Å². The number of hydrogen-bond acceptors (Lipinski definition) is 2. The molecule has 114 valence electrons. The molecule has 3 nitrogen and oxygen atoms in total. The minimum absolute atomic E-state index is 0. The summed E-state index contributed by atoms with van der Waals surface area (Å²) in [5, 5.41) is 3.10. The zero-order chi connectivity index (χ0) is 13.4. The molecule has 0 aliphatic heterocycles. The number of unbranched alkanes of at least 4 members (excludes halogenated alkanes) is 1. The highest BCUT2D eigenvalue weighted by Gasteiger charge is 2.22. The highest BCUT2D eigenvalue weighted by Crippen LogP contribution is 2.30. The van der Waals surface area contributed by atoms with Gasteiger partial charge in [-0.25, -0.2) is 0 Å². The predicted octanol–water partition coefficient (Wildman–Crippen LogP) is 3.26. The lowest BCUT2D eigenvalue weighted by Gasteiger charge is -2.27. The lowest BCUT2D eigenvalue weighted by atomic mass is 9.80. The molecule has 3 atom stereocenters. The number of nitrogens with one attached hydrogen (secondary N) is 1. The topological polar surface area (TPSA) is 55.1 Å². The summed E-state index contributed by atoms with van der Waals surface area (Å²) in [6, 6.07) is 0.179. The maximum atomic E-state index is 12.0. The maximum absolute atomic E-state index is 12.0. The van der Waals surface area contributed by atoms with Crippen molar-refractivity contribution in [2.45, 2.75) is 71.3 Å². The standard InChI is InChI=1S/C15H30N2O.ClH/c1-3-4-8-14(11-16)17-15(18)10-13-7-5-6-12(2)9-13;/h12-14H,3-11,16H2,1-2H3,(H,17,18);1H.